The van der Waals surface area contributed by atoms with Crippen molar-refractivity contribution in [3.05, 3.63) is 35.6 Å². The smallest absolute Gasteiger partial charge is 0.218 e. The number of hydrogen-bond acceptors (Lipinski definition) is 3. The largest absolute Gasteiger partial charge is 0.370 e. The number of benzene rings is 1. The minimum absolute atomic E-state index is 0.137. The molecule has 0 saturated carbocycles. The molecule has 0 bridgehead atoms. The summed E-state index contributed by atoms with van der Waals surface area (Å²) in [6.07, 6.45) is 1.44. The highest BCUT2D eigenvalue weighted by atomic mass is 19.1. The molecule has 0 spiro atoms. The van der Waals surface area contributed by atoms with E-state index in [0.29, 0.717) is 13.0 Å². The Balaban J connectivity index is 1.83. The molecule has 20 heavy (non-hydrogen) atoms. The predicted molar refractivity (Wildman–Crippen MR) is 76.5 cm³/mol. The first-order valence-corrected chi connectivity index (χ1v) is 7.11. The lowest BCUT2D eigenvalue weighted by molar-refractivity contribution is -0.118. The summed E-state index contributed by atoms with van der Waals surface area (Å²) in [5, 5.41) is 0. The van der Waals surface area contributed by atoms with E-state index >= 15 is 0 Å². The maximum Gasteiger partial charge on any atom is 0.218 e. The first-order valence-electron chi connectivity index (χ1n) is 7.11. The van der Waals surface area contributed by atoms with Gasteiger partial charge in [0.05, 0.1) is 0 Å². The predicted octanol–water partition coefficient (Wildman–Crippen LogP) is 1.21. The molecule has 110 valence electrons. The Bertz CT molecular complexity index is 452. The van der Waals surface area contributed by atoms with Crippen molar-refractivity contribution in [2.45, 2.75) is 19.4 Å². The topological polar surface area (TPSA) is 49.6 Å². The van der Waals surface area contributed by atoms with Crippen molar-refractivity contribution in [1.29, 1.82) is 0 Å². The summed E-state index contributed by atoms with van der Waals surface area (Å²) in [4.78, 5) is 15.3. The third kappa shape index (κ3) is 4.58. The van der Waals surface area contributed by atoms with Gasteiger partial charge in [-0.2, -0.15) is 0 Å². The van der Waals surface area contributed by atoms with E-state index in [1.165, 1.54) is 6.07 Å². The molecule has 1 aliphatic heterocycles. The fraction of sp³-hybridized carbons (Fsp3) is 0.533. The molecule has 1 heterocycles. The third-order valence-electron chi connectivity index (χ3n) is 3.71. The zero-order valence-corrected chi connectivity index (χ0v) is 11.7. The first kappa shape index (κ1) is 14.9. The summed E-state index contributed by atoms with van der Waals surface area (Å²) in [6, 6.07) is 6.93. The van der Waals surface area contributed by atoms with E-state index in [0.717, 1.165) is 44.7 Å². The van der Waals surface area contributed by atoms with Crippen molar-refractivity contribution in [2.75, 3.05) is 32.7 Å². The Morgan fingerprint density at radius 3 is 2.60 bits per heavy atom. The van der Waals surface area contributed by atoms with Crippen LogP contribution in [0.1, 0.15) is 18.4 Å². The fourth-order valence-electron chi connectivity index (χ4n) is 2.54. The lowest BCUT2D eigenvalue weighted by atomic mass is 10.2. The van der Waals surface area contributed by atoms with Crippen LogP contribution in [0.25, 0.3) is 0 Å². The van der Waals surface area contributed by atoms with Crippen LogP contribution in [0.2, 0.25) is 0 Å². The maximum absolute atomic E-state index is 13.6. The SMILES string of the molecule is NC(=O)CCN1CCCN(Cc2ccccc2F)CC1. The summed E-state index contributed by atoms with van der Waals surface area (Å²) in [6.45, 7) is 5.11. The molecule has 1 aliphatic rings. The molecule has 1 fully saturated rings. The Labute approximate surface area is 119 Å². The number of rotatable bonds is 5. The first-order chi connectivity index (χ1) is 9.65. The quantitative estimate of drug-likeness (QED) is 0.881. The van der Waals surface area contributed by atoms with E-state index in [1.54, 1.807) is 6.07 Å². The Kier molecular flexibility index (Phi) is 5.49. The van der Waals surface area contributed by atoms with Crippen molar-refractivity contribution in [3.8, 4) is 0 Å². The Morgan fingerprint density at radius 1 is 1.15 bits per heavy atom. The van der Waals surface area contributed by atoms with E-state index < -0.39 is 0 Å². The molecule has 4 nitrogen and oxygen atoms in total. The summed E-state index contributed by atoms with van der Waals surface area (Å²) in [5.41, 5.74) is 5.93. The highest BCUT2D eigenvalue weighted by Gasteiger charge is 2.16. The Hall–Kier alpha value is -1.46. The molecule has 0 atom stereocenters. The van der Waals surface area contributed by atoms with Gasteiger partial charge < -0.3 is 10.6 Å². The highest BCUT2D eigenvalue weighted by Crippen LogP contribution is 2.12. The van der Waals surface area contributed by atoms with Crippen molar-refractivity contribution in [1.82, 2.24) is 9.80 Å². The van der Waals surface area contributed by atoms with Gasteiger partial charge in [-0.1, -0.05) is 18.2 Å². The van der Waals surface area contributed by atoms with Crippen LogP contribution in [0.5, 0.6) is 0 Å². The van der Waals surface area contributed by atoms with E-state index in [2.05, 4.69) is 9.80 Å². The maximum atomic E-state index is 13.6. The fourth-order valence-corrected chi connectivity index (χ4v) is 2.54. The lowest BCUT2D eigenvalue weighted by Crippen LogP contribution is -2.32. The molecule has 0 unspecified atom stereocenters. The van der Waals surface area contributed by atoms with Gasteiger partial charge in [-0.15, -0.1) is 0 Å². The number of nitrogens with two attached hydrogens (primary N) is 1. The van der Waals surface area contributed by atoms with Gasteiger partial charge in [0.2, 0.25) is 5.91 Å². The average molecular weight is 279 g/mol. The summed E-state index contributed by atoms with van der Waals surface area (Å²) in [5.74, 6) is -0.389. The zero-order chi connectivity index (χ0) is 14.4. The normalized spacial score (nSPS) is 17.9. The van der Waals surface area contributed by atoms with Crippen LogP contribution >= 0.6 is 0 Å². The van der Waals surface area contributed by atoms with Crippen molar-refractivity contribution >= 4 is 5.91 Å². The molecule has 0 radical (unpaired) electrons. The van der Waals surface area contributed by atoms with Crippen molar-refractivity contribution in [2.24, 2.45) is 5.73 Å². The van der Waals surface area contributed by atoms with Gasteiger partial charge in [0, 0.05) is 38.2 Å². The minimum Gasteiger partial charge on any atom is -0.370 e. The molecule has 0 aromatic heterocycles. The van der Waals surface area contributed by atoms with E-state index in [-0.39, 0.29) is 11.7 Å². The van der Waals surface area contributed by atoms with Crippen LogP contribution < -0.4 is 5.73 Å². The standard InChI is InChI=1S/C15H22FN3O/c16-14-5-2-1-4-13(14)12-19-8-3-7-18(10-11-19)9-6-15(17)20/h1-2,4-5H,3,6-12H2,(H2,17,20). The van der Waals surface area contributed by atoms with Gasteiger partial charge >= 0.3 is 0 Å². The molecule has 1 aromatic rings. The highest BCUT2D eigenvalue weighted by molar-refractivity contribution is 5.73. The van der Waals surface area contributed by atoms with E-state index in [4.69, 9.17) is 5.73 Å². The molecule has 2 rings (SSSR count). The van der Waals surface area contributed by atoms with Gasteiger partial charge in [-0.3, -0.25) is 9.69 Å². The summed E-state index contributed by atoms with van der Waals surface area (Å²) in [7, 11) is 0. The molecule has 2 N–H and O–H groups in total. The van der Waals surface area contributed by atoms with Crippen LogP contribution in [0.15, 0.2) is 24.3 Å². The molecule has 1 saturated heterocycles. The molecule has 1 amide bonds. The summed E-state index contributed by atoms with van der Waals surface area (Å²) >= 11 is 0. The van der Waals surface area contributed by atoms with Gasteiger partial charge in [0.1, 0.15) is 5.82 Å². The number of amides is 1. The van der Waals surface area contributed by atoms with Crippen molar-refractivity contribution < 1.29 is 9.18 Å². The number of primary amides is 1. The van der Waals surface area contributed by atoms with Crippen LogP contribution in [0.3, 0.4) is 0 Å². The monoisotopic (exact) mass is 279 g/mol. The number of nitrogens with zero attached hydrogens (tertiary/aromatic N) is 2. The summed E-state index contributed by atoms with van der Waals surface area (Å²) < 4.78 is 13.6. The van der Waals surface area contributed by atoms with Crippen LogP contribution in [0.4, 0.5) is 4.39 Å². The Morgan fingerprint density at radius 2 is 1.85 bits per heavy atom. The molecule has 1 aromatic carbocycles. The van der Waals surface area contributed by atoms with E-state index in [9.17, 15) is 9.18 Å². The zero-order valence-electron chi connectivity index (χ0n) is 11.7. The number of hydrogen-bond donors (Lipinski definition) is 1. The van der Waals surface area contributed by atoms with E-state index in [1.807, 2.05) is 12.1 Å². The van der Waals surface area contributed by atoms with Gasteiger partial charge in [-0.05, 0) is 25.6 Å². The number of carbonyl (C=O) groups excluding carboxylic acids is 1. The van der Waals surface area contributed by atoms with Crippen molar-refractivity contribution in [3.63, 3.8) is 0 Å². The molecular weight excluding hydrogens is 257 g/mol. The van der Waals surface area contributed by atoms with Crippen LogP contribution in [0, 0.1) is 5.82 Å². The number of carbonyl (C=O) groups is 1. The van der Waals surface area contributed by atoms with Crippen LogP contribution in [-0.2, 0) is 11.3 Å². The van der Waals surface area contributed by atoms with Gasteiger partial charge in [-0.25, -0.2) is 4.39 Å². The second-order valence-electron chi connectivity index (χ2n) is 5.28. The molecule has 5 heteroatoms. The minimum atomic E-state index is -0.252. The van der Waals surface area contributed by atoms with Crippen LogP contribution in [-0.4, -0.2) is 48.4 Å². The lowest BCUT2D eigenvalue weighted by Gasteiger charge is -2.21. The molecule has 0 aliphatic carbocycles. The van der Waals surface area contributed by atoms with Gasteiger partial charge in [0.25, 0.3) is 0 Å². The average Bonchev–Trinajstić information content (AvgIpc) is 2.64. The third-order valence-corrected chi connectivity index (χ3v) is 3.71. The molecular formula is C15H22FN3O. The number of halogens is 1. The van der Waals surface area contributed by atoms with Gasteiger partial charge in [0.15, 0.2) is 0 Å². The second kappa shape index (κ2) is 7.36. The second-order valence-corrected chi connectivity index (χ2v) is 5.28.